The molecule has 1 aromatic carbocycles. The second kappa shape index (κ2) is 10.8. The van der Waals surface area contributed by atoms with Crippen molar-refractivity contribution in [2.75, 3.05) is 25.5 Å². The largest absolute Gasteiger partial charge is 0.490 e. The summed E-state index contributed by atoms with van der Waals surface area (Å²) < 4.78 is 11.2. The molecule has 0 atom stereocenters. The van der Waals surface area contributed by atoms with Gasteiger partial charge in [-0.25, -0.2) is 9.97 Å². The molecule has 0 aliphatic carbocycles. The number of amides is 1. The molecule has 6 nitrogen and oxygen atoms in total. The third kappa shape index (κ3) is 7.09. The van der Waals surface area contributed by atoms with Gasteiger partial charge >= 0.3 is 0 Å². The average molecular weight is 390 g/mol. The van der Waals surface area contributed by atoms with Crippen molar-refractivity contribution in [3.63, 3.8) is 0 Å². The smallest absolute Gasteiger partial charge is 0.230 e. The molecule has 0 fully saturated rings. The van der Waals surface area contributed by atoms with Crippen molar-refractivity contribution in [3.8, 4) is 11.5 Å². The Kier molecular flexibility index (Phi) is 8.39. The third-order valence-corrected chi connectivity index (χ3v) is 4.49. The molecule has 1 amide bonds. The molecule has 2 aromatic rings. The molecule has 0 aliphatic rings. The zero-order valence-corrected chi connectivity index (χ0v) is 17.2. The number of thioether (sulfide) groups is 1. The van der Waals surface area contributed by atoms with Crippen molar-refractivity contribution < 1.29 is 14.3 Å². The van der Waals surface area contributed by atoms with Gasteiger partial charge in [-0.05, 0) is 57.9 Å². The van der Waals surface area contributed by atoms with E-state index in [0.717, 1.165) is 34.9 Å². The molecule has 0 bridgehead atoms. The highest BCUT2D eigenvalue weighted by molar-refractivity contribution is 7.99. The monoisotopic (exact) mass is 389 g/mol. The number of aromatic nitrogens is 2. The van der Waals surface area contributed by atoms with Gasteiger partial charge in [0.1, 0.15) is 0 Å². The minimum Gasteiger partial charge on any atom is -0.490 e. The Morgan fingerprint density at radius 3 is 2.37 bits per heavy atom. The molecule has 0 saturated carbocycles. The van der Waals surface area contributed by atoms with Gasteiger partial charge < -0.3 is 14.8 Å². The van der Waals surface area contributed by atoms with Gasteiger partial charge in [0.05, 0.1) is 19.0 Å². The zero-order chi connectivity index (χ0) is 19.6. The Bertz CT molecular complexity index is 748. The molecule has 2 rings (SSSR count). The summed E-state index contributed by atoms with van der Waals surface area (Å²) in [6.45, 7) is 9.47. The van der Waals surface area contributed by atoms with Gasteiger partial charge in [0.2, 0.25) is 5.91 Å². The van der Waals surface area contributed by atoms with Gasteiger partial charge in [-0.2, -0.15) is 0 Å². The highest BCUT2D eigenvalue weighted by Crippen LogP contribution is 2.28. The van der Waals surface area contributed by atoms with Crippen molar-refractivity contribution in [2.24, 2.45) is 0 Å². The van der Waals surface area contributed by atoms with Crippen LogP contribution in [0.2, 0.25) is 0 Å². The zero-order valence-electron chi connectivity index (χ0n) is 16.4. The minimum absolute atomic E-state index is 0.0290. The van der Waals surface area contributed by atoms with Crippen molar-refractivity contribution >= 4 is 17.7 Å². The van der Waals surface area contributed by atoms with E-state index in [4.69, 9.17) is 9.47 Å². The quantitative estimate of drug-likeness (QED) is 0.496. The number of carbonyl (C=O) groups excluding carboxylic acids is 1. The highest BCUT2D eigenvalue weighted by Gasteiger charge is 2.08. The second-order valence-corrected chi connectivity index (χ2v) is 6.91. The number of nitrogens with zero attached hydrogens (tertiary/aromatic N) is 2. The van der Waals surface area contributed by atoms with E-state index in [2.05, 4.69) is 15.3 Å². The third-order valence-electron chi connectivity index (χ3n) is 3.64. The first-order chi connectivity index (χ1) is 13.0. The molecule has 1 heterocycles. The van der Waals surface area contributed by atoms with Crippen LogP contribution >= 0.6 is 11.8 Å². The number of benzene rings is 1. The molecule has 27 heavy (non-hydrogen) atoms. The maximum absolute atomic E-state index is 12.1. The summed E-state index contributed by atoms with van der Waals surface area (Å²) in [5, 5.41) is 3.57. The summed E-state index contributed by atoms with van der Waals surface area (Å²) in [7, 11) is 0. The first-order valence-corrected chi connectivity index (χ1v) is 10.1. The summed E-state index contributed by atoms with van der Waals surface area (Å²) in [6.07, 6.45) is 0.725. The normalized spacial score (nSPS) is 10.5. The number of ether oxygens (including phenoxy) is 2. The van der Waals surface area contributed by atoms with Gasteiger partial charge in [-0.15, -0.1) is 0 Å². The van der Waals surface area contributed by atoms with Crippen LogP contribution in [0.5, 0.6) is 11.5 Å². The Hall–Kier alpha value is -2.28. The predicted molar refractivity (Wildman–Crippen MR) is 108 cm³/mol. The minimum atomic E-state index is -0.0290. The van der Waals surface area contributed by atoms with E-state index in [1.165, 1.54) is 11.8 Å². The highest BCUT2D eigenvalue weighted by atomic mass is 32.2. The van der Waals surface area contributed by atoms with Crippen LogP contribution in [0.4, 0.5) is 0 Å². The van der Waals surface area contributed by atoms with Crippen LogP contribution in [0, 0.1) is 13.8 Å². The Morgan fingerprint density at radius 1 is 1.04 bits per heavy atom. The van der Waals surface area contributed by atoms with E-state index in [1.807, 2.05) is 52.0 Å². The van der Waals surface area contributed by atoms with Crippen molar-refractivity contribution in [1.82, 2.24) is 15.3 Å². The van der Waals surface area contributed by atoms with E-state index in [0.29, 0.717) is 30.7 Å². The summed E-state index contributed by atoms with van der Waals surface area (Å²) in [5.41, 5.74) is 2.91. The molecular formula is C20H27N3O3S. The van der Waals surface area contributed by atoms with Crippen LogP contribution in [0.15, 0.2) is 29.4 Å². The predicted octanol–water partition coefficient (Wildman–Crippen LogP) is 3.34. The van der Waals surface area contributed by atoms with Gasteiger partial charge in [0.25, 0.3) is 0 Å². The van der Waals surface area contributed by atoms with E-state index >= 15 is 0 Å². The van der Waals surface area contributed by atoms with E-state index in [-0.39, 0.29) is 5.91 Å². The van der Waals surface area contributed by atoms with Crippen LogP contribution in [0.1, 0.15) is 30.8 Å². The first-order valence-electron chi connectivity index (χ1n) is 9.12. The van der Waals surface area contributed by atoms with Crippen LogP contribution in [-0.4, -0.2) is 41.4 Å². The van der Waals surface area contributed by atoms with E-state index in [1.54, 1.807) is 0 Å². The molecule has 0 spiro atoms. The number of hydrogen-bond donors (Lipinski definition) is 1. The number of rotatable bonds is 10. The number of hydrogen-bond acceptors (Lipinski definition) is 6. The van der Waals surface area contributed by atoms with Gasteiger partial charge in [0.15, 0.2) is 16.7 Å². The summed E-state index contributed by atoms with van der Waals surface area (Å²) in [4.78, 5) is 20.7. The average Bonchev–Trinajstić information content (AvgIpc) is 2.62. The lowest BCUT2D eigenvalue weighted by Crippen LogP contribution is -2.27. The van der Waals surface area contributed by atoms with Crippen LogP contribution in [0.3, 0.4) is 0 Å². The molecule has 0 unspecified atom stereocenters. The molecular weight excluding hydrogens is 362 g/mol. The van der Waals surface area contributed by atoms with Crippen LogP contribution < -0.4 is 14.8 Å². The van der Waals surface area contributed by atoms with Crippen LogP contribution in [-0.2, 0) is 11.2 Å². The molecule has 1 aromatic heterocycles. The lowest BCUT2D eigenvalue weighted by Gasteiger charge is -2.12. The topological polar surface area (TPSA) is 73.3 Å². The molecule has 0 radical (unpaired) electrons. The Labute approximate surface area is 165 Å². The standard InChI is InChI=1S/C20H27N3O3S/c1-5-25-17-8-7-16(12-18(17)26-6-2)9-10-21-19(24)13-27-20-22-14(3)11-15(4)23-20/h7-8,11-12H,5-6,9-10,13H2,1-4H3,(H,21,24). The van der Waals surface area contributed by atoms with E-state index in [9.17, 15) is 4.79 Å². The lowest BCUT2D eigenvalue weighted by molar-refractivity contribution is -0.118. The fraction of sp³-hybridized carbons (Fsp3) is 0.450. The van der Waals surface area contributed by atoms with Gasteiger partial charge in [0, 0.05) is 17.9 Å². The maximum atomic E-state index is 12.1. The fourth-order valence-electron chi connectivity index (χ4n) is 2.54. The summed E-state index contributed by atoms with van der Waals surface area (Å²) >= 11 is 1.35. The number of carbonyl (C=O) groups is 1. The van der Waals surface area contributed by atoms with Gasteiger partial charge in [-0.1, -0.05) is 17.8 Å². The number of nitrogens with one attached hydrogen (secondary N) is 1. The fourth-order valence-corrected chi connectivity index (χ4v) is 3.32. The SMILES string of the molecule is CCOc1ccc(CCNC(=O)CSc2nc(C)cc(C)n2)cc1OCC. The van der Waals surface area contributed by atoms with Crippen molar-refractivity contribution in [1.29, 1.82) is 0 Å². The summed E-state index contributed by atoms with van der Waals surface area (Å²) in [5.74, 6) is 1.76. The Balaban J connectivity index is 1.81. The summed E-state index contributed by atoms with van der Waals surface area (Å²) in [6, 6.07) is 7.80. The molecule has 0 saturated heterocycles. The number of aryl methyl sites for hydroxylation is 2. The van der Waals surface area contributed by atoms with Crippen LogP contribution in [0.25, 0.3) is 0 Å². The maximum Gasteiger partial charge on any atom is 0.230 e. The van der Waals surface area contributed by atoms with Crippen molar-refractivity contribution in [2.45, 2.75) is 39.3 Å². The van der Waals surface area contributed by atoms with Crippen molar-refractivity contribution in [3.05, 3.63) is 41.2 Å². The van der Waals surface area contributed by atoms with E-state index < -0.39 is 0 Å². The first kappa shape index (κ1) is 21.0. The van der Waals surface area contributed by atoms with Gasteiger partial charge in [-0.3, -0.25) is 4.79 Å². The molecule has 1 N–H and O–H groups in total. The lowest BCUT2D eigenvalue weighted by atomic mass is 10.1. The Morgan fingerprint density at radius 2 is 1.70 bits per heavy atom. The molecule has 146 valence electrons. The second-order valence-electron chi connectivity index (χ2n) is 5.97. The molecule has 0 aliphatic heterocycles. The molecule has 7 heteroatoms.